The Morgan fingerprint density at radius 2 is 2.07 bits per heavy atom. The van der Waals surface area contributed by atoms with Crippen LogP contribution in [0.15, 0.2) is 12.1 Å². The lowest BCUT2D eigenvalue weighted by Crippen LogP contribution is -2.27. The van der Waals surface area contributed by atoms with Crippen molar-refractivity contribution >= 4 is 21.7 Å². The lowest BCUT2D eigenvalue weighted by molar-refractivity contribution is 0.720. The number of hydrogen-bond acceptors (Lipinski definition) is 3. The van der Waals surface area contributed by atoms with E-state index in [1.54, 1.807) is 0 Å². The number of rotatable bonds is 6. The van der Waals surface area contributed by atoms with Crippen molar-refractivity contribution in [3.63, 3.8) is 0 Å². The summed E-state index contributed by atoms with van der Waals surface area (Å²) in [5, 5.41) is 9.25. The van der Waals surface area contributed by atoms with E-state index < -0.39 is 0 Å². The van der Waals surface area contributed by atoms with Crippen LogP contribution in [0.3, 0.4) is 0 Å². The molecular formula is C11H18BrN3. The molecule has 0 aliphatic carbocycles. The molecule has 0 spiro atoms. The maximum absolute atomic E-state index is 4.21. The van der Waals surface area contributed by atoms with Crippen molar-refractivity contribution in [2.24, 2.45) is 0 Å². The molecule has 0 atom stereocenters. The van der Waals surface area contributed by atoms with E-state index in [2.05, 4.69) is 38.0 Å². The van der Waals surface area contributed by atoms with Crippen LogP contribution in [-0.2, 0) is 0 Å². The van der Waals surface area contributed by atoms with Crippen molar-refractivity contribution in [1.29, 1.82) is 0 Å². The summed E-state index contributed by atoms with van der Waals surface area (Å²) in [4.78, 5) is 2.27. The normalized spacial score (nSPS) is 10.3. The van der Waals surface area contributed by atoms with Gasteiger partial charge in [0.15, 0.2) is 5.82 Å². The standard InChI is InChI=1S/C11H18BrN3/c1-3-4-8-15(9-7-12)11-6-5-10(2)13-14-11/h5-6H,3-4,7-9H2,1-2H3. The molecule has 4 heteroatoms. The summed E-state index contributed by atoms with van der Waals surface area (Å²) >= 11 is 3.46. The number of hydrogen-bond donors (Lipinski definition) is 0. The van der Waals surface area contributed by atoms with Gasteiger partial charge in [-0.3, -0.25) is 0 Å². The summed E-state index contributed by atoms with van der Waals surface area (Å²) < 4.78 is 0. The Balaban J connectivity index is 2.65. The van der Waals surface area contributed by atoms with Gasteiger partial charge in [-0.25, -0.2) is 0 Å². The van der Waals surface area contributed by atoms with E-state index in [1.165, 1.54) is 12.8 Å². The van der Waals surface area contributed by atoms with E-state index in [4.69, 9.17) is 0 Å². The van der Waals surface area contributed by atoms with Gasteiger partial charge in [0.05, 0.1) is 5.69 Å². The lowest BCUT2D eigenvalue weighted by atomic mass is 10.3. The predicted octanol–water partition coefficient (Wildman–Crippen LogP) is 2.79. The summed E-state index contributed by atoms with van der Waals surface area (Å²) in [5.41, 5.74) is 0.966. The fourth-order valence-electron chi connectivity index (χ4n) is 1.35. The van der Waals surface area contributed by atoms with Crippen LogP contribution >= 0.6 is 15.9 Å². The molecule has 0 N–H and O–H groups in total. The third-order valence-electron chi connectivity index (χ3n) is 2.24. The SMILES string of the molecule is CCCCN(CCBr)c1ccc(C)nn1. The molecule has 1 rings (SSSR count). The highest BCUT2D eigenvalue weighted by atomic mass is 79.9. The average molecular weight is 272 g/mol. The molecule has 0 bridgehead atoms. The van der Waals surface area contributed by atoms with Crippen LogP contribution in [0.5, 0.6) is 0 Å². The van der Waals surface area contributed by atoms with Gasteiger partial charge in [0, 0.05) is 18.4 Å². The third kappa shape index (κ3) is 4.16. The molecule has 15 heavy (non-hydrogen) atoms. The maximum atomic E-state index is 4.21. The van der Waals surface area contributed by atoms with Crippen LogP contribution < -0.4 is 4.90 Å². The highest BCUT2D eigenvalue weighted by Gasteiger charge is 2.06. The second-order valence-corrected chi connectivity index (χ2v) is 4.36. The van der Waals surface area contributed by atoms with Crippen LogP contribution in [0, 0.1) is 6.92 Å². The number of anilines is 1. The van der Waals surface area contributed by atoms with Crippen molar-refractivity contribution < 1.29 is 0 Å². The summed E-state index contributed by atoms with van der Waals surface area (Å²) in [6.07, 6.45) is 2.40. The van der Waals surface area contributed by atoms with Crippen LogP contribution in [-0.4, -0.2) is 28.6 Å². The predicted molar refractivity (Wildman–Crippen MR) is 67.7 cm³/mol. The molecule has 0 unspecified atom stereocenters. The first-order valence-corrected chi connectivity index (χ1v) is 6.51. The smallest absolute Gasteiger partial charge is 0.151 e. The highest BCUT2D eigenvalue weighted by Crippen LogP contribution is 2.10. The Hall–Kier alpha value is -0.640. The molecule has 1 aromatic rings. The molecule has 3 nitrogen and oxygen atoms in total. The summed E-state index contributed by atoms with van der Waals surface area (Å²) in [7, 11) is 0. The van der Waals surface area contributed by atoms with Gasteiger partial charge in [-0.1, -0.05) is 29.3 Å². The minimum atomic E-state index is 0.965. The zero-order chi connectivity index (χ0) is 11.1. The van der Waals surface area contributed by atoms with Gasteiger partial charge in [-0.05, 0) is 25.5 Å². The van der Waals surface area contributed by atoms with Crippen LogP contribution in [0.25, 0.3) is 0 Å². The molecule has 1 heterocycles. The van der Waals surface area contributed by atoms with Crippen molar-refractivity contribution in [2.75, 3.05) is 23.3 Å². The van der Waals surface area contributed by atoms with Gasteiger partial charge >= 0.3 is 0 Å². The first-order chi connectivity index (χ1) is 7.27. The number of unbranched alkanes of at least 4 members (excludes halogenated alkanes) is 1. The van der Waals surface area contributed by atoms with Crippen molar-refractivity contribution in [3.8, 4) is 0 Å². The molecule has 0 aliphatic heterocycles. The maximum Gasteiger partial charge on any atom is 0.151 e. The molecule has 0 radical (unpaired) electrons. The highest BCUT2D eigenvalue weighted by molar-refractivity contribution is 9.09. The molecule has 84 valence electrons. The molecule has 1 aromatic heterocycles. The minimum Gasteiger partial charge on any atom is -0.354 e. The monoisotopic (exact) mass is 271 g/mol. The van der Waals surface area contributed by atoms with Gasteiger partial charge in [-0.2, -0.15) is 5.10 Å². The molecule has 0 aromatic carbocycles. The summed E-state index contributed by atoms with van der Waals surface area (Å²) in [6, 6.07) is 4.05. The Morgan fingerprint density at radius 1 is 1.27 bits per heavy atom. The van der Waals surface area contributed by atoms with Crippen molar-refractivity contribution in [3.05, 3.63) is 17.8 Å². The minimum absolute atomic E-state index is 0.965. The van der Waals surface area contributed by atoms with Crippen LogP contribution in [0.4, 0.5) is 5.82 Å². The Kier molecular flexibility index (Phi) is 5.61. The van der Waals surface area contributed by atoms with Crippen LogP contribution in [0.1, 0.15) is 25.5 Å². The zero-order valence-electron chi connectivity index (χ0n) is 9.41. The first kappa shape index (κ1) is 12.4. The number of alkyl halides is 1. The molecule has 0 amide bonds. The molecule has 0 aliphatic rings. The second kappa shape index (κ2) is 6.77. The topological polar surface area (TPSA) is 29.0 Å². The van der Waals surface area contributed by atoms with Crippen molar-refractivity contribution in [2.45, 2.75) is 26.7 Å². The summed E-state index contributed by atoms with van der Waals surface area (Å²) in [6.45, 7) is 6.20. The number of halogens is 1. The molecule has 0 saturated carbocycles. The van der Waals surface area contributed by atoms with E-state index in [0.717, 1.165) is 29.9 Å². The molecule has 0 fully saturated rings. The first-order valence-electron chi connectivity index (χ1n) is 5.39. The van der Waals surface area contributed by atoms with Crippen molar-refractivity contribution in [1.82, 2.24) is 10.2 Å². The largest absolute Gasteiger partial charge is 0.354 e. The Morgan fingerprint density at radius 3 is 2.60 bits per heavy atom. The number of aromatic nitrogens is 2. The quantitative estimate of drug-likeness (QED) is 0.746. The van der Waals surface area contributed by atoms with Gasteiger partial charge in [0.1, 0.15) is 0 Å². The van der Waals surface area contributed by atoms with Gasteiger partial charge in [-0.15, -0.1) is 5.10 Å². The Labute approximate surface area is 100 Å². The third-order valence-corrected chi connectivity index (χ3v) is 2.60. The summed E-state index contributed by atoms with van der Waals surface area (Å²) in [5.74, 6) is 0.980. The van der Waals surface area contributed by atoms with E-state index >= 15 is 0 Å². The van der Waals surface area contributed by atoms with E-state index in [-0.39, 0.29) is 0 Å². The average Bonchev–Trinajstić information content (AvgIpc) is 2.25. The lowest BCUT2D eigenvalue weighted by Gasteiger charge is -2.21. The fourth-order valence-corrected chi connectivity index (χ4v) is 1.78. The molecular weight excluding hydrogens is 254 g/mol. The molecule has 0 saturated heterocycles. The van der Waals surface area contributed by atoms with E-state index in [9.17, 15) is 0 Å². The van der Waals surface area contributed by atoms with Gasteiger partial charge in [0.2, 0.25) is 0 Å². The number of aryl methyl sites for hydroxylation is 1. The van der Waals surface area contributed by atoms with Crippen LogP contribution in [0.2, 0.25) is 0 Å². The van der Waals surface area contributed by atoms with E-state index in [0.29, 0.717) is 0 Å². The second-order valence-electron chi connectivity index (χ2n) is 3.56. The van der Waals surface area contributed by atoms with E-state index in [1.807, 2.05) is 19.1 Å². The zero-order valence-corrected chi connectivity index (χ0v) is 11.0. The number of nitrogens with zero attached hydrogens (tertiary/aromatic N) is 3. The van der Waals surface area contributed by atoms with Gasteiger partial charge < -0.3 is 4.90 Å². The van der Waals surface area contributed by atoms with Gasteiger partial charge in [0.25, 0.3) is 0 Å². The Bertz CT molecular complexity index is 274. The fraction of sp³-hybridized carbons (Fsp3) is 0.636.